The van der Waals surface area contributed by atoms with Gasteiger partial charge in [0.05, 0.1) is 0 Å². The number of rotatable bonds is 6. The smallest absolute Gasteiger partial charge is 0.407 e. The number of nitrogens with two attached hydrogens (primary N) is 1. The number of anilines is 1. The van der Waals surface area contributed by atoms with Gasteiger partial charge < -0.3 is 15.7 Å². The average Bonchev–Trinajstić information content (AvgIpc) is 2.68. The van der Waals surface area contributed by atoms with Crippen LogP contribution in [0.2, 0.25) is 0 Å². The fourth-order valence-electron chi connectivity index (χ4n) is 3.53. The molecule has 7 nitrogen and oxygen atoms in total. The van der Waals surface area contributed by atoms with Crippen molar-refractivity contribution in [2.75, 3.05) is 31.1 Å². The molecule has 1 aromatic heterocycles. The Balaban J connectivity index is 1.66. The quantitative estimate of drug-likeness (QED) is 0.816. The van der Waals surface area contributed by atoms with Crippen molar-refractivity contribution in [3.8, 4) is 11.1 Å². The number of aromatic nitrogens is 1. The number of pyridine rings is 1. The van der Waals surface area contributed by atoms with Crippen molar-refractivity contribution in [3.05, 3.63) is 48.7 Å². The van der Waals surface area contributed by atoms with Crippen molar-refractivity contribution in [3.63, 3.8) is 0 Å². The van der Waals surface area contributed by atoms with E-state index < -0.39 is 12.0 Å². The van der Waals surface area contributed by atoms with Crippen molar-refractivity contribution in [2.24, 2.45) is 11.7 Å². The molecule has 27 heavy (non-hydrogen) atoms. The minimum Gasteiger partial charge on any atom is -0.465 e. The Kier molecular flexibility index (Phi) is 5.90. The van der Waals surface area contributed by atoms with Gasteiger partial charge in [0, 0.05) is 31.4 Å². The van der Waals surface area contributed by atoms with Gasteiger partial charge in [0.2, 0.25) is 5.91 Å². The Bertz CT molecular complexity index is 789. The third-order valence-corrected chi connectivity index (χ3v) is 4.88. The van der Waals surface area contributed by atoms with Crippen LogP contribution in [0.5, 0.6) is 0 Å². The summed E-state index contributed by atoms with van der Waals surface area (Å²) >= 11 is 0. The summed E-state index contributed by atoms with van der Waals surface area (Å²) < 4.78 is 0. The molecule has 0 aliphatic carbocycles. The number of carbonyl (C=O) groups excluding carboxylic acids is 1. The number of nitrogens with zero attached hydrogens (tertiary/aromatic N) is 3. The normalized spacial score (nSPS) is 14.7. The van der Waals surface area contributed by atoms with E-state index in [0.717, 1.165) is 47.8 Å². The summed E-state index contributed by atoms with van der Waals surface area (Å²) in [4.78, 5) is 30.3. The zero-order valence-corrected chi connectivity index (χ0v) is 15.1. The Hall–Kier alpha value is -3.09. The monoisotopic (exact) mass is 368 g/mol. The van der Waals surface area contributed by atoms with E-state index in [2.05, 4.69) is 28.1 Å². The van der Waals surface area contributed by atoms with Gasteiger partial charge in [0.15, 0.2) is 0 Å². The van der Waals surface area contributed by atoms with Crippen LogP contribution in [-0.2, 0) is 4.79 Å². The van der Waals surface area contributed by atoms with Gasteiger partial charge in [-0.05, 0) is 36.5 Å². The number of primary amides is 1. The minimum absolute atomic E-state index is 0.209. The first-order valence-corrected chi connectivity index (χ1v) is 9.06. The van der Waals surface area contributed by atoms with Gasteiger partial charge in [0.1, 0.15) is 12.4 Å². The number of hydrogen-bond acceptors (Lipinski definition) is 4. The second kappa shape index (κ2) is 8.53. The maximum atomic E-state index is 11.3. The zero-order valence-electron chi connectivity index (χ0n) is 15.1. The lowest BCUT2D eigenvalue weighted by Crippen LogP contribution is -2.43. The predicted molar refractivity (Wildman–Crippen MR) is 103 cm³/mol. The highest BCUT2D eigenvalue weighted by molar-refractivity contribution is 5.80. The summed E-state index contributed by atoms with van der Waals surface area (Å²) in [5.74, 6) is 0.533. The number of benzene rings is 1. The maximum absolute atomic E-state index is 11.3. The van der Waals surface area contributed by atoms with Gasteiger partial charge in [0.25, 0.3) is 0 Å². The molecule has 1 saturated heterocycles. The van der Waals surface area contributed by atoms with Gasteiger partial charge in [-0.2, -0.15) is 0 Å². The van der Waals surface area contributed by atoms with Crippen LogP contribution in [-0.4, -0.2) is 53.2 Å². The summed E-state index contributed by atoms with van der Waals surface area (Å²) in [6.45, 7) is 1.67. The highest BCUT2D eigenvalue weighted by atomic mass is 16.4. The van der Waals surface area contributed by atoms with Crippen LogP contribution in [0.25, 0.3) is 11.1 Å². The molecular weight excluding hydrogens is 344 g/mol. The van der Waals surface area contributed by atoms with E-state index in [4.69, 9.17) is 5.73 Å². The van der Waals surface area contributed by atoms with Crippen LogP contribution in [0, 0.1) is 5.92 Å². The summed E-state index contributed by atoms with van der Waals surface area (Å²) in [7, 11) is 0. The molecule has 0 bridgehead atoms. The highest BCUT2D eigenvalue weighted by Gasteiger charge is 2.26. The lowest BCUT2D eigenvalue weighted by atomic mass is 9.95. The fraction of sp³-hybridized carbons (Fsp3) is 0.350. The average molecular weight is 368 g/mol. The fourth-order valence-corrected chi connectivity index (χ4v) is 3.53. The molecule has 1 aliphatic heterocycles. The van der Waals surface area contributed by atoms with Crippen LogP contribution >= 0.6 is 0 Å². The molecule has 0 unspecified atom stereocenters. The molecule has 142 valence electrons. The van der Waals surface area contributed by atoms with Gasteiger partial charge in [-0.25, -0.2) is 9.78 Å². The molecule has 2 aromatic rings. The Morgan fingerprint density at radius 3 is 2.48 bits per heavy atom. The maximum Gasteiger partial charge on any atom is 0.407 e. The first-order chi connectivity index (χ1) is 13.0. The molecule has 0 atom stereocenters. The molecule has 1 fully saturated rings. The van der Waals surface area contributed by atoms with Crippen molar-refractivity contribution in [1.29, 1.82) is 0 Å². The number of piperidine rings is 1. The molecule has 3 N–H and O–H groups in total. The van der Waals surface area contributed by atoms with Crippen molar-refractivity contribution < 1.29 is 14.7 Å². The standard InChI is InChI=1S/C20H24N4O3/c21-18(25)14-24(20(26)27)13-15-8-11-23(12-9-15)19-17(7-4-10-22-19)16-5-2-1-3-6-16/h1-7,10,15H,8-9,11-14H2,(H2,21,25)(H,26,27). The molecule has 0 radical (unpaired) electrons. The van der Waals surface area contributed by atoms with E-state index >= 15 is 0 Å². The predicted octanol–water partition coefficient (Wildman–Crippen LogP) is 2.43. The molecule has 2 heterocycles. The van der Waals surface area contributed by atoms with Crippen molar-refractivity contribution in [1.82, 2.24) is 9.88 Å². The Morgan fingerprint density at radius 2 is 1.85 bits per heavy atom. The van der Waals surface area contributed by atoms with E-state index in [-0.39, 0.29) is 12.5 Å². The van der Waals surface area contributed by atoms with Crippen molar-refractivity contribution >= 4 is 17.8 Å². The van der Waals surface area contributed by atoms with Gasteiger partial charge >= 0.3 is 6.09 Å². The molecule has 3 rings (SSSR count). The lowest BCUT2D eigenvalue weighted by Gasteiger charge is -2.35. The number of amides is 2. The minimum atomic E-state index is -1.10. The number of carbonyl (C=O) groups is 2. The van der Waals surface area contributed by atoms with Crippen LogP contribution in [0.15, 0.2) is 48.7 Å². The van der Waals surface area contributed by atoms with E-state index in [1.165, 1.54) is 0 Å². The van der Waals surface area contributed by atoms with Gasteiger partial charge in [-0.3, -0.25) is 9.69 Å². The van der Waals surface area contributed by atoms with Crippen LogP contribution in [0.1, 0.15) is 12.8 Å². The first-order valence-electron chi connectivity index (χ1n) is 9.06. The summed E-state index contributed by atoms with van der Waals surface area (Å²) in [5.41, 5.74) is 7.37. The summed E-state index contributed by atoms with van der Waals surface area (Å²) in [5, 5.41) is 9.24. The zero-order chi connectivity index (χ0) is 19.2. The first kappa shape index (κ1) is 18.7. The Morgan fingerprint density at radius 1 is 1.15 bits per heavy atom. The molecular formula is C20H24N4O3. The molecule has 2 amide bonds. The van der Waals surface area contributed by atoms with E-state index in [0.29, 0.717) is 6.54 Å². The largest absolute Gasteiger partial charge is 0.465 e. The van der Waals surface area contributed by atoms with E-state index in [1.54, 1.807) is 6.20 Å². The van der Waals surface area contributed by atoms with Crippen molar-refractivity contribution in [2.45, 2.75) is 12.8 Å². The molecule has 7 heteroatoms. The third-order valence-electron chi connectivity index (χ3n) is 4.88. The highest BCUT2D eigenvalue weighted by Crippen LogP contribution is 2.31. The number of carboxylic acid groups (broad SMARTS) is 1. The lowest BCUT2D eigenvalue weighted by molar-refractivity contribution is -0.119. The topological polar surface area (TPSA) is 99.8 Å². The second-order valence-corrected chi connectivity index (χ2v) is 6.80. The van der Waals surface area contributed by atoms with Gasteiger partial charge in [-0.15, -0.1) is 0 Å². The van der Waals surface area contributed by atoms with Crippen LogP contribution < -0.4 is 10.6 Å². The SMILES string of the molecule is NC(=O)CN(CC1CCN(c2ncccc2-c2ccccc2)CC1)C(=O)O. The number of hydrogen-bond donors (Lipinski definition) is 2. The third kappa shape index (κ3) is 4.75. The van der Waals surface area contributed by atoms with Crippen LogP contribution in [0.3, 0.4) is 0 Å². The molecule has 0 saturated carbocycles. The van der Waals surface area contributed by atoms with Gasteiger partial charge in [-0.1, -0.05) is 30.3 Å². The second-order valence-electron chi connectivity index (χ2n) is 6.80. The Labute approximate surface area is 158 Å². The molecule has 1 aromatic carbocycles. The molecule has 0 spiro atoms. The van der Waals surface area contributed by atoms with E-state index in [9.17, 15) is 14.7 Å². The summed E-state index contributed by atoms with van der Waals surface area (Å²) in [6.07, 6.45) is 2.38. The molecule has 1 aliphatic rings. The summed E-state index contributed by atoms with van der Waals surface area (Å²) in [6, 6.07) is 14.2. The van der Waals surface area contributed by atoms with Crippen LogP contribution in [0.4, 0.5) is 10.6 Å². The van der Waals surface area contributed by atoms with E-state index in [1.807, 2.05) is 24.3 Å².